The first-order chi connectivity index (χ1) is 15.1. The van der Waals surface area contributed by atoms with Crippen LogP contribution in [-0.4, -0.2) is 15.7 Å². The molecule has 0 amide bonds. The SMILES string of the molecule is CCS(=O)c1ccc(-c2cccc(CC(=O)C3(c4ccc5ccoc5c4)CC3)c2)cc1. The van der Waals surface area contributed by atoms with Crippen molar-refractivity contribution in [3.8, 4) is 11.1 Å². The van der Waals surface area contributed by atoms with Crippen molar-refractivity contribution in [2.75, 3.05) is 5.75 Å². The molecule has 4 aromatic rings. The summed E-state index contributed by atoms with van der Waals surface area (Å²) in [6.45, 7) is 1.92. The van der Waals surface area contributed by atoms with Crippen molar-refractivity contribution in [3.63, 3.8) is 0 Å². The summed E-state index contributed by atoms with van der Waals surface area (Å²) < 4.78 is 17.5. The van der Waals surface area contributed by atoms with Gasteiger partial charge in [-0.15, -0.1) is 0 Å². The van der Waals surface area contributed by atoms with Crippen LogP contribution in [0.3, 0.4) is 0 Å². The third-order valence-corrected chi connectivity index (χ3v) is 7.62. The van der Waals surface area contributed by atoms with E-state index < -0.39 is 10.8 Å². The van der Waals surface area contributed by atoms with Gasteiger partial charge >= 0.3 is 0 Å². The standard InChI is InChI=1S/C27H24O3S/c1-2-31(29)24-10-7-20(8-11-24)22-5-3-4-19(16-22)17-26(28)27(13-14-27)23-9-6-21-12-15-30-25(21)18-23/h3-12,15-16,18H,2,13-14,17H2,1H3. The topological polar surface area (TPSA) is 47.3 Å². The number of hydrogen-bond donors (Lipinski definition) is 0. The van der Waals surface area contributed by atoms with Crippen LogP contribution in [0.15, 0.2) is 88.4 Å². The Bertz CT molecular complexity index is 1280. The molecule has 1 fully saturated rings. The summed E-state index contributed by atoms with van der Waals surface area (Å²) in [6, 6.07) is 24.1. The zero-order chi connectivity index (χ0) is 21.4. The molecule has 1 heterocycles. The number of Topliss-reactive ketones (excluding diaryl/α,β-unsaturated/α-hetero) is 1. The van der Waals surface area contributed by atoms with Gasteiger partial charge in [-0.3, -0.25) is 9.00 Å². The van der Waals surface area contributed by atoms with Gasteiger partial charge in [-0.05, 0) is 59.4 Å². The van der Waals surface area contributed by atoms with Crippen LogP contribution in [0.25, 0.3) is 22.1 Å². The fourth-order valence-corrected chi connectivity index (χ4v) is 5.06. The Balaban J connectivity index is 1.37. The number of carbonyl (C=O) groups excluding carboxylic acids is 1. The minimum atomic E-state index is -0.946. The highest BCUT2D eigenvalue weighted by Gasteiger charge is 2.50. The van der Waals surface area contributed by atoms with Gasteiger partial charge in [-0.2, -0.15) is 0 Å². The normalized spacial score (nSPS) is 15.6. The highest BCUT2D eigenvalue weighted by atomic mass is 32.2. The molecule has 0 bridgehead atoms. The summed E-state index contributed by atoms with van der Waals surface area (Å²) in [6.07, 6.45) is 3.90. The van der Waals surface area contributed by atoms with Crippen LogP contribution in [-0.2, 0) is 27.4 Å². The number of hydrogen-bond acceptors (Lipinski definition) is 3. The minimum Gasteiger partial charge on any atom is -0.464 e. The van der Waals surface area contributed by atoms with E-state index in [9.17, 15) is 9.00 Å². The zero-order valence-electron chi connectivity index (χ0n) is 17.5. The number of carbonyl (C=O) groups is 1. The molecular formula is C27H24O3S. The van der Waals surface area contributed by atoms with Crippen molar-refractivity contribution in [2.45, 2.75) is 36.5 Å². The quantitative estimate of drug-likeness (QED) is 0.359. The largest absolute Gasteiger partial charge is 0.464 e. The first-order valence-corrected chi connectivity index (χ1v) is 12.0. The maximum atomic E-state index is 13.3. The first kappa shape index (κ1) is 20.0. The number of fused-ring (bicyclic) bond motifs is 1. The van der Waals surface area contributed by atoms with Gasteiger partial charge < -0.3 is 4.42 Å². The number of rotatable bonds is 7. The van der Waals surface area contributed by atoms with Crippen molar-refractivity contribution in [1.82, 2.24) is 0 Å². The molecule has 1 aromatic heterocycles. The Kier molecular flexibility index (Phi) is 5.11. The Morgan fingerprint density at radius 2 is 1.77 bits per heavy atom. The minimum absolute atomic E-state index is 0.268. The van der Waals surface area contributed by atoms with E-state index in [1.165, 1.54) is 0 Å². The summed E-state index contributed by atoms with van der Waals surface area (Å²) in [5.74, 6) is 0.884. The molecule has 31 heavy (non-hydrogen) atoms. The van der Waals surface area contributed by atoms with E-state index in [0.29, 0.717) is 12.2 Å². The van der Waals surface area contributed by atoms with Crippen LogP contribution in [0.5, 0.6) is 0 Å². The second kappa shape index (κ2) is 7.93. The summed E-state index contributed by atoms with van der Waals surface area (Å²) in [5, 5.41) is 1.06. The zero-order valence-corrected chi connectivity index (χ0v) is 18.3. The fourth-order valence-electron chi connectivity index (χ4n) is 4.29. The van der Waals surface area contributed by atoms with Gasteiger partial charge in [0.05, 0.1) is 22.5 Å². The van der Waals surface area contributed by atoms with Crippen molar-refractivity contribution < 1.29 is 13.4 Å². The lowest BCUT2D eigenvalue weighted by molar-refractivity contribution is -0.120. The molecule has 3 aromatic carbocycles. The van der Waals surface area contributed by atoms with Gasteiger partial charge in [0.2, 0.25) is 0 Å². The summed E-state index contributed by atoms with van der Waals surface area (Å²) >= 11 is 0. The summed E-state index contributed by atoms with van der Waals surface area (Å²) in [5.41, 5.74) is 4.69. The van der Waals surface area contributed by atoms with Crippen molar-refractivity contribution >= 4 is 27.6 Å². The lowest BCUT2D eigenvalue weighted by Crippen LogP contribution is -2.22. The van der Waals surface area contributed by atoms with Crippen molar-refractivity contribution in [1.29, 1.82) is 0 Å². The van der Waals surface area contributed by atoms with Crippen LogP contribution in [0.4, 0.5) is 0 Å². The molecule has 1 aliphatic carbocycles. The van der Waals surface area contributed by atoms with Gasteiger partial charge in [0, 0.05) is 22.5 Å². The fraction of sp³-hybridized carbons (Fsp3) is 0.222. The molecular weight excluding hydrogens is 404 g/mol. The monoisotopic (exact) mass is 428 g/mol. The molecule has 1 aliphatic rings. The highest BCUT2D eigenvalue weighted by molar-refractivity contribution is 7.85. The van der Waals surface area contributed by atoms with Crippen molar-refractivity contribution in [2.24, 2.45) is 0 Å². The van der Waals surface area contributed by atoms with E-state index in [1.54, 1.807) is 6.26 Å². The maximum absolute atomic E-state index is 13.3. The Hall–Kier alpha value is -2.98. The molecule has 0 N–H and O–H groups in total. The molecule has 0 spiro atoms. The smallest absolute Gasteiger partial charge is 0.147 e. The average Bonchev–Trinajstić information content (AvgIpc) is 3.49. The molecule has 0 radical (unpaired) electrons. The molecule has 1 atom stereocenters. The Morgan fingerprint density at radius 1 is 0.968 bits per heavy atom. The molecule has 4 heteroatoms. The number of benzene rings is 3. The van der Waals surface area contributed by atoms with Crippen LogP contribution in [0.2, 0.25) is 0 Å². The second-order valence-corrected chi connectivity index (χ2v) is 9.95. The molecule has 1 unspecified atom stereocenters. The maximum Gasteiger partial charge on any atom is 0.147 e. The van der Waals surface area contributed by atoms with E-state index in [4.69, 9.17) is 4.42 Å². The van der Waals surface area contributed by atoms with Gasteiger partial charge in [0.1, 0.15) is 11.4 Å². The third kappa shape index (κ3) is 3.77. The third-order valence-electron chi connectivity index (χ3n) is 6.30. The lowest BCUT2D eigenvalue weighted by atomic mass is 9.87. The van der Waals surface area contributed by atoms with E-state index in [1.807, 2.05) is 61.5 Å². The molecule has 156 valence electrons. The molecule has 3 nitrogen and oxygen atoms in total. The second-order valence-electron chi connectivity index (χ2n) is 8.21. The van der Waals surface area contributed by atoms with Crippen molar-refractivity contribution in [3.05, 3.63) is 90.2 Å². The number of furan rings is 1. The van der Waals surface area contributed by atoms with E-state index in [-0.39, 0.29) is 11.2 Å². The highest BCUT2D eigenvalue weighted by Crippen LogP contribution is 2.50. The summed E-state index contributed by atoms with van der Waals surface area (Å²) in [7, 11) is -0.946. The predicted octanol–water partition coefficient (Wildman–Crippen LogP) is 6.07. The Morgan fingerprint density at radius 3 is 2.52 bits per heavy atom. The van der Waals surface area contributed by atoms with Crippen LogP contribution in [0.1, 0.15) is 30.9 Å². The van der Waals surface area contributed by atoms with Gasteiger partial charge in [0.15, 0.2) is 0 Å². The molecule has 5 rings (SSSR count). The van der Waals surface area contributed by atoms with Crippen LogP contribution < -0.4 is 0 Å². The van der Waals surface area contributed by atoms with Gasteiger partial charge in [-0.25, -0.2) is 0 Å². The lowest BCUT2D eigenvalue weighted by Gasteiger charge is -2.15. The van der Waals surface area contributed by atoms with E-state index in [2.05, 4.69) is 18.2 Å². The number of ketones is 1. The van der Waals surface area contributed by atoms with E-state index in [0.717, 1.165) is 51.0 Å². The predicted molar refractivity (Wildman–Crippen MR) is 125 cm³/mol. The Labute approximate surface area is 184 Å². The van der Waals surface area contributed by atoms with Crippen LogP contribution in [0, 0.1) is 0 Å². The average molecular weight is 429 g/mol. The van der Waals surface area contributed by atoms with Gasteiger partial charge in [-0.1, -0.05) is 55.5 Å². The van der Waals surface area contributed by atoms with Gasteiger partial charge in [0.25, 0.3) is 0 Å². The molecule has 1 saturated carbocycles. The van der Waals surface area contributed by atoms with Crippen LogP contribution >= 0.6 is 0 Å². The van der Waals surface area contributed by atoms with E-state index >= 15 is 0 Å². The molecule has 0 saturated heterocycles. The summed E-state index contributed by atoms with van der Waals surface area (Å²) in [4.78, 5) is 14.2. The molecule has 0 aliphatic heterocycles. The first-order valence-electron chi connectivity index (χ1n) is 10.7.